The maximum Gasteiger partial charge on any atom is 0.327 e. The van der Waals surface area contributed by atoms with Crippen molar-refractivity contribution in [3.63, 3.8) is 0 Å². The minimum Gasteiger partial charge on any atom is -0.468 e. The van der Waals surface area contributed by atoms with E-state index in [9.17, 15) is 19.2 Å². The SMILES string of the molecule is COC(=O)C(c1ccccc1Cl)N1CCN(C(=O)CCN2C(=O)c3ccccc3C2=O)CC1. The maximum atomic E-state index is 12.8. The van der Waals surface area contributed by atoms with Crippen LogP contribution in [0, 0.1) is 0 Å². The lowest BCUT2D eigenvalue weighted by molar-refractivity contribution is -0.148. The van der Waals surface area contributed by atoms with Crippen molar-refractivity contribution in [3.05, 3.63) is 70.2 Å². The Morgan fingerprint density at radius 2 is 1.52 bits per heavy atom. The van der Waals surface area contributed by atoms with Crippen molar-refractivity contribution < 1.29 is 23.9 Å². The first-order chi connectivity index (χ1) is 15.9. The van der Waals surface area contributed by atoms with Crippen molar-refractivity contribution in [2.24, 2.45) is 0 Å². The van der Waals surface area contributed by atoms with Crippen molar-refractivity contribution >= 4 is 35.3 Å². The standard InChI is InChI=1S/C24H24ClN3O5/c1-33-24(32)21(18-8-4-5-9-19(18)25)27-14-12-26(13-15-27)20(29)10-11-28-22(30)16-6-2-3-7-17(16)23(28)31/h2-9,21H,10-15H2,1H3. The summed E-state index contributed by atoms with van der Waals surface area (Å²) >= 11 is 6.32. The topological polar surface area (TPSA) is 87.2 Å². The van der Waals surface area contributed by atoms with Gasteiger partial charge in [0.25, 0.3) is 11.8 Å². The molecule has 1 unspecified atom stereocenters. The van der Waals surface area contributed by atoms with Crippen molar-refractivity contribution in [2.75, 3.05) is 39.8 Å². The predicted octanol–water partition coefficient (Wildman–Crippen LogP) is 2.38. The number of rotatable bonds is 6. The van der Waals surface area contributed by atoms with Gasteiger partial charge in [0.1, 0.15) is 6.04 Å². The Hall–Kier alpha value is -3.23. The van der Waals surface area contributed by atoms with Gasteiger partial charge in [0, 0.05) is 44.2 Å². The highest BCUT2D eigenvalue weighted by atomic mass is 35.5. The van der Waals surface area contributed by atoms with Crippen molar-refractivity contribution in [3.8, 4) is 0 Å². The van der Waals surface area contributed by atoms with Crippen LogP contribution in [0.15, 0.2) is 48.5 Å². The van der Waals surface area contributed by atoms with Crippen LogP contribution in [0.5, 0.6) is 0 Å². The molecule has 0 aliphatic carbocycles. The Kier molecular flexibility index (Phi) is 6.76. The van der Waals surface area contributed by atoms with Gasteiger partial charge in [-0.1, -0.05) is 41.9 Å². The van der Waals surface area contributed by atoms with E-state index in [1.54, 1.807) is 47.4 Å². The molecule has 2 aromatic rings. The van der Waals surface area contributed by atoms with Gasteiger partial charge in [-0.25, -0.2) is 4.79 Å². The van der Waals surface area contributed by atoms with Gasteiger partial charge < -0.3 is 9.64 Å². The molecule has 4 rings (SSSR count). The van der Waals surface area contributed by atoms with Gasteiger partial charge in [-0.2, -0.15) is 0 Å². The normalized spacial score (nSPS) is 17.2. The summed E-state index contributed by atoms with van der Waals surface area (Å²) in [6.07, 6.45) is 0.0520. The molecule has 2 heterocycles. The van der Waals surface area contributed by atoms with E-state index < -0.39 is 12.0 Å². The number of imide groups is 1. The highest BCUT2D eigenvalue weighted by Crippen LogP contribution is 2.29. The number of nitrogens with zero attached hydrogens (tertiary/aromatic N) is 3. The third kappa shape index (κ3) is 4.49. The second-order valence-corrected chi connectivity index (χ2v) is 8.33. The summed E-state index contributed by atoms with van der Waals surface area (Å²) in [6.45, 7) is 1.79. The smallest absolute Gasteiger partial charge is 0.327 e. The number of fused-ring (bicyclic) bond motifs is 1. The maximum absolute atomic E-state index is 12.8. The van der Waals surface area contributed by atoms with E-state index in [4.69, 9.17) is 16.3 Å². The number of piperazine rings is 1. The summed E-state index contributed by atoms with van der Waals surface area (Å²) in [5.41, 5.74) is 1.41. The molecule has 1 saturated heterocycles. The van der Waals surface area contributed by atoms with E-state index in [0.29, 0.717) is 47.9 Å². The number of amides is 3. The molecule has 1 fully saturated rings. The number of ether oxygens (including phenoxy) is 1. The molecule has 172 valence electrons. The molecule has 0 saturated carbocycles. The first-order valence-electron chi connectivity index (χ1n) is 10.7. The number of hydrogen-bond donors (Lipinski definition) is 0. The largest absolute Gasteiger partial charge is 0.468 e. The van der Waals surface area contributed by atoms with Crippen LogP contribution in [0.1, 0.15) is 38.7 Å². The quantitative estimate of drug-likeness (QED) is 0.477. The van der Waals surface area contributed by atoms with Crippen molar-refractivity contribution in [1.29, 1.82) is 0 Å². The Labute approximate surface area is 196 Å². The van der Waals surface area contributed by atoms with E-state index in [1.807, 2.05) is 11.0 Å². The van der Waals surface area contributed by atoms with E-state index in [2.05, 4.69) is 0 Å². The van der Waals surface area contributed by atoms with Gasteiger partial charge in [-0.05, 0) is 23.8 Å². The lowest BCUT2D eigenvalue weighted by atomic mass is 10.0. The molecule has 0 bridgehead atoms. The second kappa shape index (κ2) is 9.72. The summed E-state index contributed by atoms with van der Waals surface area (Å²) < 4.78 is 5.00. The van der Waals surface area contributed by atoms with Crippen LogP contribution in [-0.2, 0) is 14.3 Å². The summed E-state index contributed by atoms with van der Waals surface area (Å²) in [4.78, 5) is 55.0. The van der Waals surface area contributed by atoms with Gasteiger partial charge in [-0.3, -0.25) is 24.2 Å². The molecule has 0 aromatic heterocycles. The third-order valence-corrected chi connectivity index (χ3v) is 6.43. The minimum atomic E-state index is -0.653. The van der Waals surface area contributed by atoms with Gasteiger partial charge in [-0.15, -0.1) is 0 Å². The van der Waals surface area contributed by atoms with Crippen LogP contribution in [0.25, 0.3) is 0 Å². The average Bonchev–Trinajstić information content (AvgIpc) is 3.08. The molecule has 2 aliphatic rings. The summed E-state index contributed by atoms with van der Waals surface area (Å²) in [5.74, 6) is -1.28. The molecule has 0 spiro atoms. The van der Waals surface area contributed by atoms with Gasteiger partial charge in [0.15, 0.2) is 0 Å². The summed E-state index contributed by atoms with van der Waals surface area (Å²) in [7, 11) is 1.34. The van der Waals surface area contributed by atoms with E-state index in [1.165, 1.54) is 7.11 Å². The Balaban J connectivity index is 1.35. The van der Waals surface area contributed by atoms with E-state index in [-0.39, 0.29) is 30.7 Å². The molecular formula is C24H24ClN3O5. The monoisotopic (exact) mass is 469 g/mol. The predicted molar refractivity (Wildman–Crippen MR) is 121 cm³/mol. The third-order valence-electron chi connectivity index (χ3n) is 6.08. The number of esters is 1. The lowest BCUT2D eigenvalue weighted by Gasteiger charge is -2.38. The highest BCUT2D eigenvalue weighted by molar-refractivity contribution is 6.31. The first kappa shape index (κ1) is 22.9. The van der Waals surface area contributed by atoms with Crippen LogP contribution < -0.4 is 0 Å². The van der Waals surface area contributed by atoms with Gasteiger partial charge in [0.2, 0.25) is 5.91 Å². The molecule has 0 N–H and O–H groups in total. The van der Waals surface area contributed by atoms with Crippen molar-refractivity contribution in [2.45, 2.75) is 12.5 Å². The van der Waals surface area contributed by atoms with Crippen LogP contribution in [-0.4, -0.2) is 78.2 Å². The van der Waals surface area contributed by atoms with Gasteiger partial charge in [0.05, 0.1) is 18.2 Å². The van der Waals surface area contributed by atoms with E-state index >= 15 is 0 Å². The molecule has 0 radical (unpaired) electrons. The molecular weight excluding hydrogens is 446 g/mol. The number of methoxy groups -OCH3 is 1. The van der Waals surface area contributed by atoms with Crippen LogP contribution in [0.2, 0.25) is 5.02 Å². The molecule has 2 aliphatic heterocycles. The molecule has 1 atom stereocenters. The molecule has 33 heavy (non-hydrogen) atoms. The molecule has 2 aromatic carbocycles. The number of benzene rings is 2. The Morgan fingerprint density at radius 1 is 0.939 bits per heavy atom. The number of halogens is 1. The van der Waals surface area contributed by atoms with Crippen LogP contribution in [0.4, 0.5) is 0 Å². The fourth-order valence-electron chi connectivity index (χ4n) is 4.32. The fraction of sp³-hybridized carbons (Fsp3) is 0.333. The zero-order chi connectivity index (χ0) is 23.5. The Morgan fingerprint density at radius 3 is 2.09 bits per heavy atom. The lowest BCUT2D eigenvalue weighted by Crippen LogP contribution is -2.51. The summed E-state index contributed by atoms with van der Waals surface area (Å²) in [6, 6.07) is 13.1. The fourth-order valence-corrected chi connectivity index (χ4v) is 4.56. The highest BCUT2D eigenvalue weighted by Gasteiger charge is 2.36. The zero-order valence-corrected chi connectivity index (χ0v) is 19.0. The number of carbonyl (C=O) groups is 4. The first-order valence-corrected chi connectivity index (χ1v) is 11.1. The molecule has 8 nitrogen and oxygen atoms in total. The molecule has 3 amide bonds. The molecule has 9 heteroatoms. The van der Waals surface area contributed by atoms with Crippen LogP contribution in [0.3, 0.4) is 0 Å². The van der Waals surface area contributed by atoms with E-state index in [0.717, 1.165) is 4.90 Å². The van der Waals surface area contributed by atoms with Gasteiger partial charge >= 0.3 is 5.97 Å². The average molecular weight is 470 g/mol. The number of carbonyl (C=O) groups excluding carboxylic acids is 4. The second-order valence-electron chi connectivity index (χ2n) is 7.92. The zero-order valence-electron chi connectivity index (χ0n) is 18.2. The number of hydrogen-bond acceptors (Lipinski definition) is 6. The Bertz CT molecular complexity index is 1060. The summed E-state index contributed by atoms with van der Waals surface area (Å²) in [5, 5.41) is 0.479. The van der Waals surface area contributed by atoms with Crippen LogP contribution >= 0.6 is 11.6 Å². The minimum absolute atomic E-state index is 0.0375. The van der Waals surface area contributed by atoms with Crippen molar-refractivity contribution in [1.82, 2.24) is 14.7 Å².